The third kappa shape index (κ3) is 6.41. The first-order valence-corrected chi connectivity index (χ1v) is 7.99. The molecule has 0 aromatic heterocycles. The summed E-state index contributed by atoms with van der Waals surface area (Å²) in [6, 6.07) is 8.62. The van der Waals surface area contributed by atoms with Crippen LogP contribution >= 0.6 is 15.9 Å². The van der Waals surface area contributed by atoms with Crippen molar-refractivity contribution in [1.82, 2.24) is 0 Å². The van der Waals surface area contributed by atoms with Crippen molar-refractivity contribution in [3.8, 4) is 0 Å². The summed E-state index contributed by atoms with van der Waals surface area (Å²) < 4.78 is 10.9. The third-order valence-electron chi connectivity index (χ3n) is 2.88. The van der Waals surface area contributed by atoms with Gasteiger partial charge in [0.1, 0.15) is 0 Å². The fraction of sp³-hybridized carbons (Fsp3) is 0.600. The van der Waals surface area contributed by atoms with Crippen LogP contribution in [0.2, 0.25) is 0 Å². The second-order valence-corrected chi connectivity index (χ2v) is 4.74. The Hall–Kier alpha value is -0.580. The first-order valence-electron chi connectivity index (χ1n) is 6.87. The standard InChI is InChI=1S/C15H24BrNO2/c1-3-18-11-9-17(10-12-19-4-2)15-7-5-14(13-16)6-8-15/h5-8H,3-4,9-13H2,1-2H3. The lowest BCUT2D eigenvalue weighted by atomic mass is 10.2. The molecule has 0 fully saturated rings. The molecule has 19 heavy (non-hydrogen) atoms. The highest BCUT2D eigenvalue weighted by Crippen LogP contribution is 2.16. The second-order valence-electron chi connectivity index (χ2n) is 4.18. The van der Waals surface area contributed by atoms with Crippen LogP contribution in [-0.4, -0.2) is 39.5 Å². The van der Waals surface area contributed by atoms with Crippen LogP contribution in [0.15, 0.2) is 24.3 Å². The Bertz CT molecular complexity index is 319. The third-order valence-corrected chi connectivity index (χ3v) is 3.52. The summed E-state index contributed by atoms with van der Waals surface area (Å²) in [5, 5.41) is 0.894. The predicted molar refractivity (Wildman–Crippen MR) is 84.3 cm³/mol. The van der Waals surface area contributed by atoms with E-state index < -0.39 is 0 Å². The summed E-state index contributed by atoms with van der Waals surface area (Å²) in [6.45, 7) is 8.88. The normalized spacial score (nSPS) is 10.7. The Morgan fingerprint density at radius 2 is 1.47 bits per heavy atom. The molecule has 0 aliphatic rings. The van der Waals surface area contributed by atoms with Crippen LogP contribution in [0.5, 0.6) is 0 Å². The van der Waals surface area contributed by atoms with E-state index in [0.29, 0.717) is 0 Å². The molecular weight excluding hydrogens is 306 g/mol. The van der Waals surface area contributed by atoms with E-state index in [2.05, 4.69) is 45.1 Å². The quantitative estimate of drug-likeness (QED) is 0.484. The molecule has 3 nitrogen and oxygen atoms in total. The zero-order valence-corrected chi connectivity index (χ0v) is 13.5. The monoisotopic (exact) mass is 329 g/mol. The van der Waals surface area contributed by atoms with Crippen molar-refractivity contribution in [1.29, 1.82) is 0 Å². The molecule has 0 aliphatic heterocycles. The molecule has 0 heterocycles. The van der Waals surface area contributed by atoms with E-state index in [9.17, 15) is 0 Å². The summed E-state index contributed by atoms with van der Waals surface area (Å²) in [4.78, 5) is 2.31. The van der Waals surface area contributed by atoms with Crippen molar-refractivity contribution >= 4 is 21.6 Å². The molecule has 0 spiro atoms. The van der Waals surface area contributed by atoms with Gasteiger partial charge in [0.25, 0.3) is 0 Å². The lowest BCUT2D eigenvalue weighted by Crippen LogP contribution is -2.31. The number of alkyl halides is 1. The van der Waals surface area contributed by atoms with E-state index in [4.69, 9.17) is 9.47 Å². The van der Waals surface area contributed by atoms with Gasteiger partial charge in [-0.25, -0.2) is 0 Å². The van der Waals surface area contributed by atoms with Crippen LogP contribution in [0.1, 0.15) is 19.4 Å². The first-order chi connectivity index (χ1) is 9.31. The van der Waals surface area contributed by atoms with Crippen molar-refractivity contribution < 1.29 is 9.47 Å². The molecule has 0 N–H and O–H groups in total. The average Bonchev–Trinajstić information content (AvgIpc) is 2.46. The Morgan fingerprint density at radius 3 is 1.89 bits per heavy atom. The van der Waals surface area contributed by atoms with Crippen molar-refractivity contribution in [2.24, 2.45) is 0 Å². The number of ether oxygens (including phenoxy) is 2. The van der Waals surface area contributed by atoms with Crippen LogP contribution in [0.4, 0.5) is 5.69 Å². The number of anilines is 1. The van der Waals surface area contributed by atoms with Gasteiger partial charge in [0, 0.05) is 37.3 Å². The summed E-state index contributed by atoms with van der Waals surface area (Å²) in [5.41, 5.74) is 2.52. The van der Waals surface area contributed by atoms with E-state index in [0.717, 1.165) is 44.8 Å². The molecule has 0 atom stereocenters. The molecule has 0 radical (unpaired) electrons. The molecule has 0 unspecified atom stereocenters. The van der Waals surface area contributed by atoms with Crippen LogP contribution < -0.4 is 4.90 Å². The average molecular weight is 330 g/mol. The highest BCUT2D eigenvalue weighted by Gasteiger charge is 2.06. The summed E-state index contributed by atoms with van der Waals surface area (Å²) in [5.74, 6) is 0. The largest absolute Gasteiger partial charge is 0.380 e. The van der Waals surface area contributed by atoms with Crippen LogP contribution in [0.3, 0.4) is 0 Å². The Kier molecular flexibility index (Phi) is 8.88. The van der Waals surface area contributed by atoms with Gasteiger partial charge in [0.2, 0.25) is 0 Å². The second kappa shape index (κ2) is 10.2. The Morgan fingerprint density at radius 1 is 0.947 bits per heavy atom. The minimum atomic E-state index is 0.753. The number of benzene rings is 1. The van der Waals surface area contributed by atoms with E-state index >= 15 is 0 Å². The van der Waals surface area contributed by atoms with Crippen LogP contribution in [-0.2, 0) is 14.8 Å². The van der Waals surface area contributed by atoms with Gasteiger partial charge in [-0.15, -0.1) is 0 Å². The number of nitrogens with zero attached hydrogens (tertiary/aromatic N) is 1. The minimum absolute atomic E-state index is 0.753. The Labute approximate surface area is 125 Å². The lowest BCUT2D eigenvalue weighted by Gasteiger charge is -2.24. The highest BCUT2D eigenvalue weighted by molar-refractivity contribution is 9.08. The van der Waals surface area contributed by atoms with Gasteiger partial charge in [0.15, 0.2) is 0 Å². The van der Waals surface area contributed by atoms with E-state index in [1.807, 2.05) is 13.8 Å². The summed E-state index contributed by atoms with van der Waals surface area (Å²) in [6.07, 6.45) is 0. The van der Waals surface area contributed by atoms with E-state index in [-0.39, 0.29) is 0 Å². The van der Waals surface area contributed by atoms with Gasteiger partial charge in [-0.3, -0.25) is 0 Å². The maximum atomic E-state index is 5.45. The smallest absolute Gasteiger partial charge is 0.0641 e. The van der Waals surface area contributed by atoms with E-state index in [1.54, 1.807) is 0 Å². The zero-order valence-electron chi connectivity index (χ0n) is 11.9. The predicted octanol–water partition coefficient (Wildman–Crippen LogP) is 3.46. The van der Waals surface area contributed by atoms with Crippen molar-refractivity contribution in [3.63, 3.8) is 0 Å². The molecule has 1 rings (SSSR count). The molecule has 1 aromatic rings. The maximum Gasteiger partial charge on any atom is 0.0641 e. The Balaban J connectivity index is 2.58. The molecular formula is C15H24BrNO2. The number of halogens is 1. The lowest BCUT2D eigenvalue weighted by molar-refractivity contribution is 0.141. The van der Waals surface area contributed by atoms with Gasteiger partial charge in [-0.1, -0.05) is 28.1 Å². The fourth-order valence-corrected chi connectivity index (χ4v) is 2.18. The molecule has 0 amide bonds. The topological polar surface area (TPSA) is 21.7 Å². The van der Waals surface area contributed by atoms with Gasteiger partial charge in [-0.2, -0.15) is 0 Å². The van der Waals surface area contributed by atoms with Crippen molar-refractivity contribution in [3.05, 3.63) is 29.8 Å². The summed E-state index contributed by atoms with van der Waals surface area (Å²) in [7, 11) is 0. The molecule has 108 valence electrons. The zero-order chi connectivity index (χ0) is 13.9. The van der Waals surface area contributed by atoms with Crippen molar-refractivity contribution in [2.75, 3.05) is 44.4 Å². The fourth-order valence-electron chi connectivity index (χ4n) is 1.80. The van der Waals surface area contributed by atoms with Gasteiger partial charge >= 0.3 is 0 Å². The van der Waals surface area contributed by atoms with Crippen LogP contribution in [0, 0.1) is 0 Å². The van der Waals surface area contributed by atoms with E-state index in [1.165, 1.54) is 11.3 Å². The molecule has 1 aromatic carbocycles. The molecule has 0 saturated carbocycles. The minimum Gasteiger partial charge on any atom is -0.380 e. The van der Waals surface area contributed by atoms with Gasteiger partial charge < -0.3 is 14.4 Å². The molecule has 0 bridgehead atoms. The number of hydrogen-bond acceptors (Lipinski definition) is 3. The number of rotatable bonds is 10. The maximum absolute atomic E-state index is 5.45. The van der Waals surface area contributed by atoms with Gasteiger partial charge in [-0.05, 0) is 31.5 Å². The number of hydrogen-bond donors (Lipinski definition) is 0. The molecule has 0 aliphatic carbocycles. The highest BCUT2D eigenvalue weighted by atomic mass is 79.9. The van der Waals surface area contributed by atoms with Crippen molar-refractivity contribution in [2.45, 2.75) is 19.2 Å². The van der Waals surface area contributed by atoms with Crippen LogP contribution in [0.25, 0.3) is 0 Å². The summed E-state index contributed by atoms with van der Waals surface area (Å²) >= 11 is 3.47. The molecule has 0 saturated heterocycles. The SMILES string of the molecule is CCOCCN(CCOCC)c1ccc(CBr)cc1. The molecule has 4 heteroatoms. The van der Waals surface area contributed by atoms with Gasteiger partial charge in [0.05, 0.1) is 13.2 Å². The first kappa shape index (κ1) is 16.5.